The summed E-state index contributed by atoms with van der Waals surface area (Å²) in [5, 5.41) is 5.32. The number of piperidine rings is 3. The van der Waals surface area contributed by atoms with Gasteiger partial charge in [0.15, 0.2) is 0 Å². The third-order valence-corrected chi connectivity index (χ3v) is 13.7. The number of nitrogens with one attached hydrogen (secondary N) is 2. The number of methoxy groups -OCH3 is 1. The van der Waals surface area contributed by atoms with Crippen LogP contribution in [0.3, 0.4) is 0 Å². The van der Waals surface area contributed by atoms with Gasteiger partial charge < -0.3 is 29.3 Å². The summed E-state index contributed by atoms with van der Waals surface area (Å²) in [6, 6.07) is 9.16. The zero-order chi connectivity index (χ0) is 42.6. The number of aryl methyl sites for hydroxylation is 2. The van der Waals surface area contributed by atoms with Crippen LogP contribution in [-0.4, -0.2) is 114 Å². The summed E-state index contributed by atoms with van der Waals surface area (Å²) >= 11 is 1.13. The third-order valence-electron chi connectivity index (χ3n) is 12.6. The topological polar surface area (TPSA) is 137 Å². The molecule has 4 amide bonds. The van der Waals surface area contributed by atoms with Gasteiger partial charge >= 0.3 is 0 Å². The number of carbonyl (C=O) groups is 4. The maximum atomic E-state index is 15.9. The predicted octanol–water partition coefficient (Wildman–Crippen LogP) is 4.77. The van der Waals surface area contributed by atoms with Gasteiger partial charge in [-0.25, -0.2) is 8.78 Å². The van der Waals surface area contributed by atoms with Gasteiger partial charge in [-0.2, -0.15) is 0 Å². The van der Waals surface area contributed by atoms with Gasteiger partial charge in [0.25, 0.3) is 23.3 Å². The number of benzene rings is 2. The van der Waals surface area contributed by atoms with Crippen molar-refractivity contribution in [3.05, 3.63) is 80.1 Å². The Morgan fingerprint density at radius 1 is 1.02 bits per heavy atom. The van der Waals surface area contributed by atoms with Gasteiger partial charge in [0.05, 0.1) is 30.0 Å². The summed E-state index contributed by atoms with van der Waals surface area (Å²) in [7, 11) is 7.29. The molecule has 0 aliphatic carbocycles. The number of hydrogen-bond acceptors (Lipinski definition) is 10. The van der Waals surface area contributed by atoms with E-state index in [4.69, 9.17) is 4.74 Å². The number of ether oxygens (including phenoxy) is 1. The molecule has 4 aromatic rings. The van der Waals surface area contributed by atoms with Gasteiger partial charge in [-0.1, -0.05) is 19.1 Å². The number of imide groups is 1. The molecule has 13 nitrogen and oxygen atoms in total. The van der Waals surface area contributed by atoms with Crippen LogP contribution in [0.5, 0.6) is 5.75 Å². The van der Waals surface area contributed by atoms with Crippen molar-refractivity contribution in [3.8, 4) is 16.9 Å². The summed E-state index contributed by atoms with van der Waals surface area (Å²) in [5.41, 5.74) is 5.74. The van der Waals surface area contributed by atoms with E-state index in [2.05, 4.69) is 33.4 Å². The molecule has 0 spiro atoms. The molecule has 2 unspecified atom stereocenters. The number of likely N-dealkylation sites (tertiary alicyclic amines) is 1. The number of fused-ring (bicyclic) bond motifs is 2. The fourth-order valence-corrected chi connectivity index (χ4v) is 10.4. The van der Waals surface area contributed by atoms with E-state index in [1.165, 1.54) is 15.5 Å². The van der Waals surface area contributed by atoms with E-state index < -0.39 is 36.4 Å². The molecule has 0 saturated carbocycles. The highest BCUT2D eigenvalue weighted by Crippen LogP contribution is 2.39. The average Bonchev–Trinajstić information content (AvgIpc) is 3.81. The number of hydrogen-bond donors (Lipinski definition) is 2. The highest BCUT2D eigenvalue weighted by molar-refractivity contribution is 7.21. The van der Waals surface area contributed by atoms with Crippen molar-refractivity contribution in [3.63, 3.8) is 0 Å². The third kappa shape index (κ3) is 7.80. The number of pyridine rings is 1. The molecule has 2 atom stereocenters. The lowest BCUT2D eigenvalue weighted by atomic mass is 9.95. The number of halogens is 2. The first-order valence-corrected chi connectivity index (χ1v) is 21.4. The van der Waals surface area contributed by atoms with E-state index >= 15 is 8.78 Å². The van der Waals surface area contributed by atoms with E-state index in [1.54, 1.807) is 20.4 Å². The van der Waals surface area contributed by atoms with Crippen LogP contribution in [0.2, 0.25) is 0 Å². The standard InChI is InChI=1S/C44H51F2N7O6S/c1-6-25-17-27(18-35(59-5)32(25)22-49(2)3)33-23-50(4)42(57)31-20-36(60-39(31)33)41(56)47-37-13-16-52(24-44(37,45)46)28-11-14-51(15-12-28)29-8-7-26-21-53(43(58)30(26)19-29)34-9-10-38(54)48-40(34)55/h7-8,17-20,23,28,34,37H,6,9-16,21-22,24H2,1-5H3,(H,47,56)(H,48,54,55). The van der Waals surface area contributed by atoms with Gasteiger partial charge in [-0.15, -0.1) is 11.3 Å². The minimum absolute atomic E-state index is 0.0659. The van der Waals surface area contributed by atoms with Crippen molar-refractivity contribution < 1.29 is 32.7 Å². The van der Waals surface area contributed by atoms with Crippen LogP contribution in [0.15, 0.2) is 47.4 Å². The lowest BCUT2D eigenvalue weighted by Gasteiger charge is -2.45. The molecular formula is C44H51F2N7O6S. The fraction of sp³-hybridized carbons (Fsp3) is 0.477. The average molecular weight is 844 g/mol. The van der Waals surface area contributed by atoms with Crippen LogP contribution < -0.4 is 25.8 Å². The Bertz CT molecular complexity index is 2420. The quantitative estimate of drug-likeness (QED) is 0.217. The highest BCUT2D eigenvalue weighted by atomic mass is 32.1. The first-order valence-electron chi connectivity index (χ1n) is 20.6. The fourth-order valence-electron chi connectivity index (χ4n) is 9.33. The van der Waals surface area contributed by atoms with Crippen molar-refractivity contribution in [2.24, 2.45) is 7.05 Å². The summed E-state index contributed by atoms with van der Waals surface area (Å²) in [6.07, 6.45) is 4.40. The number of alkyl halides is 2. The number of rotatable bonds is 10. The van der Waals surface area contributed by atoms with Gasteiger partial charge in [-0.05, 0) is 87.2 Å². The molecule has 16 heteroatoms. The smallest absolute Gasteiger partial charge is 0.280 e. The van der Waals surface area contributed by atoms with E-state index in [1.807, 2.05) is 43.3 Å². The van der Waals surface area contributed by atoms with Crippen LogP contribution in [0.4, 0.5) is 14.5 Å². The molecule has 318 valence electrons. The lowest BCUT2D eigenvalue weighted by Crippen LogP contribution is -2.61. The zero-order valence-corrected chi connectivity index (χ0v) is 35.4. The number of thiophene rings is 1. The van der Waals surface area contributed by atoms with E-state index in [0.717, 1.165) is 57.0 Å². The number of nitrogens with zero attached hydrogens (tertiary/aromatic N) is 5. The van der Waals surface area contributed by atoms with Crippen LogP contribution in [0.1, 0.15) is 75.7 Å². The Morgan fingerprint density at radius 2 is 1.78 bits per heavy atom. The molecule has 8 rings (SSSR count). The van der Waals surface area contributed by atoms with Gasteiger partial charge in [0.2, 0.25) is 11.8 Å². The molecular weight excluding hydrogens is 793 g/mol. The minimum atomic E-state index is -3.18. The van der Waals surface area contributed by atoms with Crippen molar-refractivity contribution in [2.45, 2.75) is 82.6 Å². The van der Waals surface area contributed by atoms with Crippen molar-refractivity contribution >= 4 is 50.7 Å². The van der Waals surface area contributed by atoms with Crippen molar-refractivity contribution in [1.82, 2.24) is 29.9 Å². The van der Waals surface area contributed by atoms with Crippen molar-refractivity contribution in [1.29, 1.82) is 0 Å². The van der Waals surface area contributed by atoms with Gasteiger partial charge in [-0.3, -0.25) is 34.2 Å². The second-order valence-corrected chi connectivity index (χ2v) is 17.8. The summed E-state index contributed by atoms with van der Waals surface area (Å²) in [4.78, 5) is 72.3. The Kier molecular flexibility index (Phi) is 11.3. The molecule has 2 aromatic heterocycles. The number of aromatic nitrogens is 1. The van der Waals surface area contributed by atoms with Crippen LogP contribution in [0.25, 0.3) is 21.2 Å². The predicted molar refractivity (Wildman–Crippen MR) is 226 cm³/mol. The van der Waals surface area contributed by atoms with Crippen molar-refractivity contribution in [2.75, 3.05) is 52.3 Å². The lowest BCUT2D eigenvalue weighted by molar-refractivity contribution is -0.136. The SMILES string of the molecule is CCc1cc(-c2cn(C)c(=O)c3cc(C(=O)NC4CCN(C5CCN(c6ccc7c(c6)C(=O)N(C6CCC(=O)NC6=O)C7)CC5)CC4(F)F)sc23)cc(OC)c1CN(C)C. The van der Waals surface area contributed by atoms with Crippen LogP contribution in [0, 0.1) is 0 Å². The van der Waals surface area contributed by atoms with Gasteiger partial charge in [0.1, 0.15) is 11.8 Å². The van der Waals surface area contributed by atoms with Crippen LogP contribution in [-0.2, 0) is 36.1 Å². The molecule has 0 radical (unpaired) electrons. The zero-order valence-electron chi connectivity index (χ0n) is 34.6. The molecule has 60 heavy (non-hydrogen) atoms. The van der Waals surface area contributed by atoms with E-state index in [9.17, 15) is 24.0 Å². The normalized spacial score (nSPS) is 21.2. The summed E-state index contributed by atoms with van der Waals surface area (Å²) in [6.45, 7) is 4.24. The van der Waals surface area contributed by atoms with E-state index in [0.29, 0.717) is 67.6 Å². The highest BCUT2D eigenvalue weighted by Gasteiger charge is 2.47. The molecule has 3 fully saturated rings. The number of amides is 4. The number of carbonyl (C=O) groups excluding carboxylic acids is 4. The second-order valence-electron chi connectivity index (χ2n) is 16.7. The summed E-state index contributed by atoms with van der Waals surface area (Å²) < 4.78 is 39.7. The molecule has 0 bridgehead atoms. The Hall–Kier alpha value is -5.19. The maximum Gasteiger partial charge on any atom is 0.280 e. The first-order chi connectivity index (χ1) is 28.6. The molecule has 2 aromatic carbocycles. The second kappa shape index (κ2) is 16.3. The Labute approximate surface area is 351 Å². The first kappa shape index (κ1) is 41.5. The largest absolute Gasteiger partial charge is 0.496 e. The molecule has 3 saturated heterocycles. The number of anilines is 1. The molecule has 2 N–H and O–H groups in total. The summed E-state index contributed by atoms with van der Waals surface area (Å²) in [5.74, 6) is -4.09. The van der Waals surface area contributed by atoms with Crippen LogP contribution >= 0.6 is 11.3 Å². The maximum absolute atomic E-state index is 15.9. The monoisotopic (exact) mass is 843 g/mol. The Balaban J connectivity index is 0.913. The Morgan fingerprint density at radius 3 is 2.47 bits per heavy atom. The molecule has 4 aliphatic rings. The van der Waals surface area contributed by atoms with E-state index in [-0.39, 0.29) is 41.1 Å². The molecule has 6 heterocycles. The molecule has 4 aliphatic heterocycles. The minimum Gasteiger partial charge on any atom is -0.496 e. The van der Waals surface area contributed by atoms with Gasteiger partial charge in [0, 0.05) is 85.5 Å².